The molecule has 1 saturated carbocycles. The maximum absolute atomic E-state index is 12.6. The summed E-state index contributed by atoms with van der Waals surface area (Å²) < 4.78 is 7.11. The van der Waals surface area contributed by atoms with Gasteiger partial charge in [0.25, 0.3) is 5.91 Å². The number of aromatic nitrogens is 2. The van der Waals surface area contributed by atoms with Gasteiger partial charge >= 0.3 is 0 Å². The predicted octanol–water partition coefficient (Wildman–Crippen LogP) is 2.85. The molecule has 0 unspecified atom stereocenters. The number of amides is 1. The van der Waals surface area contributed by atoms with E-state index < -0.39 is 0 Å². The summed E-state index contributed by atoms with van der Waals surface area (Å²) in [5.74, 6) is -0.0177. The molecular weight excluding hydrogens is 278 g/mol. The summed E-state index contributed by atoms with van der Waals surface area (Å²) in [5.41, 5.74) is 3.25. The molecule has 0 aliphatic heterocycles. The zero-order chi connectivity index (χ0) is 15.5. The fourth-order valence-electron chi connectivity index (χ4n) is 3.21. The predicted molar refractivity (Wildman–Crippen MR) is 85.0 cm³/mol. The van der Waals surface area contributed by atoms with Crippen LogP contribution in [0.1, 0.15) is 53.8 Å². The minimum absolute atomic E-state index is 0.0177. The van der Waals surface area contributed by atoms with Crippen molar-refractivity contribution in [3.63, 3.8) is 0 Å². The van der Waals surface area contributed by atoms with Crippen molar-refractivity contribution in [3.8, 4) is 0 Å². The topological polar surface area (TPSA) is 55.6 Å². The number of rotatable bonds is 4. The molecule has 0 spiro atoms. The van der Waals surface area contributed by atoms with E-state index in [-0.39, 0.29) is 5.91 Å². The van der Waals surface area contributed by atoms with E-state index in [2.05, 4.69) is 10.3 Å². The molecular formula is C17H23N3O2. The number of ether oxygens (including phenoxy) is 1. The van der Waals surface area contributed by atoms with E-state index in [4.69, 9.17) is 4.74 Å². The van der Waals surface area contributed by atoms with Crippen LogP contribution in [0, 0.1) is 6.92 Å². The number of carbonyl (C=O) groups is 1. The van der Waals surface area contributed by atoms with Crippen molar-refractivity contribution in [2.75, 3.05) is 7.11 Å². The van der Waals surface area contributed by atoms with Crippen LogP contribution in [-0.2, 0) is 11.3 Å². The van der Waals surface area contributed by atoms with Crippen LogP contribution >= 0.6 is 0 Å². The zero-order valence-corrected chi connectivity index (χ0v) is 13.3. The summed E-state index contributed by atoms with van der Waals surface area (Å²) in [4.78, 5) is 17.1. The Morgan fingerprint density at radius 2 is 2.18 bits per heavy atom. The number of hydrogen-bond acceptors (Lipinski definition) is 3. The van der Waals surface area contributed by atoms with Crippen molar-refractivity contribution in [2.24, 2.45) is 0 Å². The van der Waals surface area contributed by atoms with Crippen LogP contribution in [0.4, 0.5) is 0 Å². The molecule has 3 rings (SSSR count). The lowest BCUT2D eigenvalue weighted by Gasteiger charge is -2.22. The van der Waals surface area contributed by atoms with Gasteiger partial charge in [-0.25, -0.2) is 4.98 Å². The fraction of sp³-hybridized carbons (Fsp3) is 0.529. The van der Waals surface area contributed by atoms with Gasteiger partial charge in [0.2, 0.25) is 0 Å². The normalized spacial score (nSPS) is 16.1. The third-order valence-electron chi connectivity index (χ3n) is 4.34. The second-order valence-corrected chi connectivity index (χ2v) is 6.05. The van der Waals surface area contributed by atoms with Crippen molar-refractivity contribution in [1.82, 2.24) is 14.7 Å². The van der Waals surface area contributed by atoms with Gasteiger partial charge in [0.1, 0.15) is 5.65 Å². The molecule has 0 aromatic carbocycles. The summed E-state index contributed by atoms with van der Waals surface area (Å²) in [7, 11) is 1.65. The van der Waals surface area contributed by atoms with E-state index in [0.29, 0.717) is 23.9 Å². The largest absolute Gasteiger partial charge is 0.378 e. The van der Waals surface area contributed by atoms with E-state index in [9.17, 15) is 4.79 Å². The number of aryl methyl sites for hydroxylation is 1. The van der Waals surface area contributed by atoms with Crippen LogP contribution < -0.4 is 5.32 Å². The Morgan fingerprint density at radius 3 is 2.91 bits per heavy atom. The first kappa shape index (κ1) is 15.0. The molecule has 2 aromatic heterocycles. The van der Waals surface area contributed by atoms with Crippen molar-refractivity contribution in [2.45, 2.75) is 51.7 Å². The summed E-state index contributed by atoms with van der Waals surface area (Å²) in [6.07, 6.45) is 7.76. The van der Waals surface area contributed by atoms with Gasteiger partial charge in [0.05, 0.1) is 17.9 Å². The molecule has 0 atom stereocenters. The van der Waals surface area contributed by atoms with Gasteiger partial charge in [-0.05, 0) is 31.9 Å². The lowest BCUT2D eigenvalue weighted by molar-refractivity contribution is 0.0929. The zero-order valence-electron chi connectivity index (χ0n) is 13.3. The summed E-state index contributed by atoms with van der Waals surface area (Å²) in [6, 6.07) is 4.14. The van der Waals surface area contributed by atoms with E-state index >= 15 is 0 Å². The molecule has 1 amide bonds. The van der Waals surface area contributed by atoms with Crippen molar-refractivity contribution in [1.29, 1.82) is 0 Å². The molecule has 1 N–H and O–H groups in total. The lowest BCUT2D eigenvalue weighted by Crippen LogP contribution is -2.36. The molecule has 1 aliphatic carbocycles. The Hall–Kier alpha value is -1.88. The highest BCUT2D eigenvalue weighted by molar-refractivity contribution is 6.00. The third-order valence-corrected chi connectivity index (χ3v) is 4.34. The smallest absolute Gasteiger partial charge is 0.255 e. The Morgan fingerprint density at radius 1 is 1.41 bits per heavy atom. The van der Waals surface area contributed by atoms with E-state index in [1.54, 1.807) is 7.11 Å². The maximum Gasteiger partial charge on any atom is 0.255 e. The molecule has 22 heavy (non-hydrogen) atoms. The SMILES string of the molecule is COCc1cc(C)n2ccc(C(=O)NC3CCCCC3)c2n1. The van der Waals surface area contributed by atoms with E-state index in [1.165, 1.54) is 19.3 Å². The molecule has 5 nitrogen and oxygen atoms in total. The van der Waals surface area contributed by atoms with Crippen LogP contribution in [-0.4, -0.2) is 28.4 Å². The average Bonchev–Trinajstić information content (AvgIpc) is 2.93. The number of hydrogen-bond donors (Lipinski definition) is 1. The van der Waals surface area contributed by atoms with Crippen molar-refractivity contribution in [3.05, 3.63) is 35.3 Å². The standard InChI is InChI=1S/C17H23N3O2/c1-12-10-14(11-22-2)18-16-15(8-9-20(12)16)17(21)19-13-6-4-3-5-7-13/h8-10,13H,3-7,11H2,1-2H3,(H,19,21). The first-order valence-corrected chi connectivity index (χ1v) is 7.96. The monoisotopic (exact) mass is 301 g/mol. The lowest BCUT2D eigenvalue weighted by atomic mass is 9.95. The quantitative estimate of drug-likeness (QED) is 0.944. The van der Waals surface area contributed by atoms with Gasteiger partial charge < -0.3 is 14.5 Å². The van der Waals surface area contributed by atoms with Crippen molar-refractivity contribution < 1.29 is 9.53 Å². The number of fused-ring (bicyclic) bond motifs is 1. The average molecular weight is 301 g/mol. The highest BCUT2D eigenvalue weighted by Crippen LogP contribution is 2.19. The second-order valence-electron chi connectivity index (χ2n) is 6.05. The van der Waals surface area contributed by atoms with Gasteiger partial charge in [0.15, 0.2) is 0 Å². The molecule has 2 aromatic rings. The summed E-state index contributed by atoms with van der Waals surface area (Å²) >= 11 is 0. The van der Waals surface area contributed by atoms with Crippen LogP contribution in [0.2, 0.25) is 0 Å². The van der Waals surface area contributed by atoms with Gasteiger partial charge in [0, 0.05) is 25.0 Å². The Kier molecular flexibility index (Phi) is 4.43. The number of nitrogens with zero attached hydrogens (tertiary/aromatic N) is 2. The van der Waals surface area contributed by atoms with Crippen LogP contribution in [0.5, 0.6) is 0 Å². The maximum atomic E-state index is 12.6. The van der Waals surface area contributed by atoms with Gasteiger partial charge in [-0.2, -0.15) is 0 Å². The first-order valence-electron chi connectivity index (χ1n) is 7.96. The first-order chi connectivity index (χ1) is 10.7. The van der Waals surface area contributed by atoms with E-state index in [1.807, 2.05) is 29.7 Å². The highest BCUT2D eigenvalue weighted by Gasteiger charge is 2.19. The molecule has 0 bridgehead atoms. The minimum Gasteiger partial charge on any atom is -0.378 e. The molecule has 5 heteroatoms. The van der Waals surface area contributed by atoms with Crippen molar-refractivity contribution >= 4 is 11.6 Å². The van der Waals surface area contributed by atoms with Gasteiger partial charge in [-0.3, -0.25) is 4.79 Å². The number of nitrogens with one attached hydrogen (secondary N) is 1. The van der Waals surface area contributed by atoms with E-state index in [0.717, 1.165) is 24.2 Å². The number of carbonyl (C=O) groups excluding carboxylic acids is 1. The van der Waals surface area contributed by atoms with Crippen LogP contribution in [0.3, 0.4) is 0 Å². The van der Waals surface area contributed by atoms with Crippen LogP contribution in [0.25, 0.3) is 5.65 Å². The van der Waals surface area contributed by atoms with Gasteiger partial charge in [-0.1, -0.05) is 19.3 Å². The van der Waals surface area contributed by atoms with Crippen LogP contribution in [0.15, 0.2) is 18.3 Å². The summed E-state index contributed by atoms with van der Waals surface area (Å²) in [6.45, 7) is 2.46. The number of methoxy groups -OCH3 is 1. The molecule has 0 saturated heterocycles. The highest BCUT2D eigenvalue weighted by atomic mass is 16.5. The van der Waals surface area contributed by atoms with Gasteiger partial charge in [-0.15, -0.1) is 0 Å². The Balaban J connectivity index is 1.87. The fourth-order valence-corrected chi connectivity index (χ4v) is 3.21. The summed E-state index contributed by atoms with van der Waals surface area (Å²) in [5, 5.41) is 3.16. The second kappa shape index (κ2) is 6.48. The molecule has 118 valence electrons. The minimum atomic E-state index is -0.0177. The Labute approximate surface area is 130 Å². The third kappa shape index (κ3) is 2.99. The molecule has 0 radical (unpaired) electrons. The molecule has 2 heterocycles. The molecule has 1 fully saturated rings. The molecule has 1 aliphatic rings. The Bertz CT molecular complexity index is 672.